The van der Waals surface area contributed by atoms with Crippen molar-refractivity contribution >= 4 is 0 Å². The van der Waals surface area contributed by atoms with E-state index in [0.29, 0.717) is 30.1 Å². The predicted molar refractivity (Wildman–Crippen MR) is 92.2 cm³/mol. The molecule has 0 atom stereocenters. The average molecular weight is 343 g/mol. The quantitative estimate of drug-likeness (QED) is 0.891. The Morgan fingerprint density at radius 1 is 1.28 bits per heavy atom. The molecule has 2 aliphatic rings. The number of hydrogen-bond donors (Lipinski definition) is 1. The van der Waals surface area contributed by atoms with Crippen molar-refractivity contribution in [1.82, 2.24) is 15.1 Å². The van der Waals surface area contributed by atoms with Crippen LogP contribution in [0.3, 0.4) is 0 Å². The van der Waals surface area contributed by atoms with Gasteiger partial charge in [-0.1, -0.05) is 24.4 Å². The van der Waals surface area contributed by atoms with Gasteiger partial charge in [0.25, 0.3) is 0 Å². The summed E-state index contributed by atoms with van der Waals surface area (Å²) in [5, 5.41) is 15.0. The summed E-state index contributed by atoms with van der Waals surface area (Å²) in [6.45, 7) is 2.45. The van der Waals surface area contributed by atoms with E-state index in [9.17, 15) is 5.11 Å². The lowest BCUT2D eigenvalue weighted by Gasteiger charge is -2.48. The molecule has 2 fully saturated rings. The molecule has 6 heteroatoms. The Labute approximate surface area is 147 Å². The zero-order valence-corrected chi connectivity index (χ0v) is 14.6. The third kappa shape index (κ3) is 3.15. The Balaban J connectivity index is 1.46. The predicted octanol–water partition coefficient (Wildman–Crippen LogP) is 3.72. The molecule has 0 aromatic carbocycles. The van der Waals surface area contributed by atoms with Crippen molar-refractivity contribution in [3.63, 3.8) is 0 Å². The van der Waals surface area contributed by atoms with Gasteiger partial charge < -0.3 is 14.4 Å². The highest BCUT2D eigenvalue weighted by atomic mass is 16.5. The molecule has 2 aromatic rings. The second-order valence-corrected chi connectivity index (χ2v) is 7.29. The molecular weight excluding hydrogens is 318 g/mol. The van der Waals surface area contributed by atoms with Gasteiger partial charge >= 0.3 is 0 Å². The van der Waals surface area contributed by atoms with Crippen molar-refractivity contribution in [1.29, 1.82) is 0 Å². The molecule has 1 N–H and O–H groups in total. The molecule has 0 radical (unpaired) electrons. The van der Waals surface area contributed by atoms with Gasteiger partial charge in [-0.05, 0) is 50.7 Å². The van der Waals surface area contributed by atoms with Crippen LogP contribution in [0.1, 0.15) is 63.7 Å². The molecule has 0 amide bonds. The zero-order chi connectivity index (χ0) is 17.3. The van der Waals surface area contributed by atoms with Gasteiger partial charge in [-0.3, -0.25) is 0 Å². The second kappa shape index (κ2) is 6.75. The Hall–Kier alpha value is -1.95. The summed E-state index contributed by atoms with van der Waals surface area (Å²) in [6, 6.07) is 3.71. The lowest BCUT2D eigenvalue weighted by molar-refractivity contribution is -0.111. The topological polar surface area (TPSA) is 81.3 Å². The average Bonchev–Trinajstić information content (AvgIpc) is 3.10. The van der Waals surface area contributed by atoms with Gasteiger partial charge in [0.15, 0.2) is 0 Å². The summed E-state index contributed by atoms with van der Waals surface area (Å²) in [5.41, 5.74) is 0.200. The Bertz CT molecular complexity index is 718. The van der Waals surface area contributed by atoms with Crippen LogP contribution < -0.4 is 4.74 Å². The molecule has 0 saturated heterocycles. The molecular formula is C19H25N3O3. The minimum Gasteiger partial charge on any atom is -0.477 e. The fraction of sp³-hybridized carbons (Fsp3) is 0.632. The summed E-state index contributed by atoms with van der Waals surface area (Å²) in [5.74, 6) is 2.22. The van der Waals surface area contributed by atoms with Gasteiger partial charge in [-0.25, -0.2) is 4.98 Å². The maximum atomic E-state index is 10.9. The summed E-state index contributed by atoms with van der Waals surface area (Å²) < 4.78 is 11.0. The highest BCUT2D eigenvalue weighted by Gasteiger charge is 2.50. The summed E-state index contributed by atoms with van der Waals surface area (Å²) in [4.78, 5) is 8.78. The van der Waals surface area contributed by atoms with Crippen molar-refractivity contribution in [3.8, 4) is 17.3 Å². The number of hydrogen-bond acceptors (Lipinski definition) is 6. The number of aromatic nitrogens is 3. The number of aliphatic hydroxyl groups is 1. The monoisotopic (exact) mass is 343 g/mol. The van der Waals surface area contributed by atoms with Crippen LogP contribution in [0.15, 0.2) is 22.9 Å². The maximum Gasteiger partial charge on any atom is 0.230 e. The Morgan fingerprint density at radius 2 is 2.08 bits per heavy atom. The molecule has 6 nitrogen and oxygen atoms in total. The van der Waals surface area contributed by atoms with E-state index in [1.165, 1.54) is 19.3 Å². The van der Waals surface area contributed by atoms with E-state index in [2.05, 4.69) is 15.1 Å². The van der Waals surface area contributed by atoms with Crippen LogP contribution in [0.5, 0.6) is 5.88 Å². The third-order valence-electron chi connectivity index (χ3n) is 5.65. The first-order chi connectivity index (χ1) is 12.2. The van der Waals surface area contributed by atoms with Crippen molar-refractivity contribution in [2.24, 2.45) is 5.92 Å². The van der Waals surface area contributed by atoms with Crippen LogP contribution in [0.2, 0.25) is 0 Å². The van der Waals surface area contributed by atoms with Crippen molar-refractivity contribution < 1.29 is 14.4 Å². The summed E-state index contributed by atoms with van der Waals surface area (Å²) in [6.07, 6.45) is 9.21. The molecule has 0 bridgehead atoms. The second-order valence-electron chi connectivity index (χ2n) is 7.29. The number of pyridine rings is 1. The molecule has 2 heterocycles. The Kier molecular flexibility index (Phi) is 4.46. The highest BCUT2D eigenvalue weighted by Crippen LogP contribution is 2.51. The number of nitrogens with zero attached hydrogens (tertiary/aromatic N) is 3. The molecule has 25 heavy (non-hydrogen) atoms. The fourth-order valence-electron chi connectivity index (χ4n) is 4.26. The SMILES string of the molecule is CCOc1ncccc1-c1noc(C2CC(O)(C3CCCCC3)C2)n1. The third-order valence-corrected chi connectivity index (χ3v) is 5.65. The molecule has 2 saturated carbocycles. The van der Waals surface area contributed by atoms with Gasteiger partial charge in [0.05, 0.1) is 17.8 Å². The molecule has 0 spiro atoms. The molecule has 0 aliphatic heterocycles. The van der Waals surface area contributed by atoms with E-state index in [-0.39, 0.29) is 5.92 Å². The largest absolute Gasteiger partial charge is 0.477 e. The molecule has 0 unspecified atom stereocenters. The first kappa shape index (κ1) is 16.5. The first-order valence-corrected chi connectivity index (χ1v) is 9.34. The van der Waals surface area contributed by atoms with E-state index in [1.54, 1.807) is 6.20 Å². The first-order valence-electron chi connectivity index (χ1n) is 9.34. The van der Waals surface area contributed by atoms with Crippen LogP contribution in [-0.2, 0) is 0 Å². The van der Waals surface area contributed by atoms with Crippen LogP contribution >= 0.6 is 0 Å². The maximum absolute atomic E-state index is 10.9. The molecule has 4 rings (SSSR count). The van der Waals surface area contributed by atoms with Crippen LogP contribution in [0.25, 0.3) is 11.4 Å². The highest BCUT2D eigenvalue weighted by molar-refractivity contribution is 5.60. The van der Waals surface area contributed by atoms with Gasteiger partial charge in [0.1, 0.15) is 0 Å². The smallest absolute Gasteiger partial charge is 0.230 e. The summed E-state index contributed by atoms with van der Waals surface area (Å²) >= 11 is 0. The van der Waals surface area contributed by atoms with Gasteiger partial charge in [0, 0.05) is 12.1 Å². The lowest BCUT2D eigenvalue weighted by atomic mass is 9.61. The minimum atomic E-state index is -0.537. The van der Waals surface area contributed by atoms with Gasteiger partial charge in [-0.15, -0.1) is 0 Å². The molecule has 2 aromatic heterocycles. The number of rotatable bonds is 5. The van der Waals surface area contributed by atoms with Crippen LogP contribution in [0, 0.1) is 5.92 Å². The zero-order valence-electron chi connectivity index (χ0n) is 14.6. The number of ether oxygens (including phenoxy) is 1. The Morgan fingerprint density at radius 3 is 2.84 bits per heavy atom. The van der Waals surface area contributed by atoms with Crippen molar-refractivity contribution in [3.05, 3.63) is 24.2 Å². The summed E-state index contributed by atoms with van der Waals surface area (Å²) in [7, 11) is 0. The molecule has 134 valence electrons. The standard InChI is InChI=1S/C19H25N3O3/c1-2-24-18-15(9-6-10-20-18)16-21-17(25-22-16)13-11-19(23,12-13)14-7-4-3-5-8-14/h6,9-10,13-14,23H,2-5,7-8,11-12H2,1H3. The lowest BCUT2D eigenvalue weighted by Crippen LogP contribution is -2.49. The molecule has 2 aliphatic carbocycles. The van der Waals surface area contributed by atoms with E-state index in [0.717, 1.165) is 31.2 Å². The fourth-order valence-corrected chi connectivity index (χ4v) is 4.26. The van der Waals surface area contributed by atoms with E-state index >= 15 is 0 Å². The minimum absolute atomic E-state index is 0.153. The van der Waals surface area contributed by atoms with E-state index < -0.39 is 5.60 Å². The van der Waals surface area contributed by atoms with E-state index in [4.69, 9.17) is 9.26 Å². The van der Waals surface area contributed by atoms with Crippen LogP contribution in [-0.4, -0.2) is 32.4 Å². The van der Waals surface area contributed by atoms with Gasteiger partial charge in [0.2, 0.25) is 17.6 Å². The van der Waals surface area contributed by atoms with Gasteiger partial charge in [-0.2, -0.15) is 4.98 Å². The van der Waals surface area contributed by atoms with Crippen molar-refractivity contribution in [2.45, 2.75) is 63.4 Å². The van der Waals surface area contributed by atoms with Crippen molar-refractivity contribution in [2.75, 3.05) is 6.61 Å². The van der Waals surface area contributed by atoms with E-state index in [1.807, 2.05) is 19.1 Å². The van der Waals surface area contributed by atoms with Crippen LogP contribution in [0.4, 0.5) is 0 Å². The normalized spacial score (nSPS) is 27.0.